The highest BCUT2D eigenvalue weighted by Gasteiger charge is 2.23. The number of nitrogens with zero attached hydrogens (tertiary/aromatic N) is 1. The molecule has 0 radical (unpaired) electrons. The first-order chi connectivity index (χ1) is 12.0. The van der Waals surface area contributed by atoms with Crippen molar-refractivity contribution in [2.24, 2.45) is 4.99 Å². The number of aryl methyl sites for hydroxylation is 1. The zero-order valence-electron chi connectivity index (χ0n) is 15.1. The lowest BCUT2D eigenvalue weighted by atomic mass is 10.00. The number of nitrogens with one attached hydrogen (secondary N) is 2. The van der Waals surface area contributed by atoms with Crippen LogP contribution in [0.15, 0.2) is 46.1 Å². The Labute approximate surface area is 153 Å². The summed E-state index contributed by atoms with van der Waals surface area (Å²) in [7, 11) is 0. The van der Waals surface area contributed by atoms with Crippen LogP contribution >= 0.6 is 11.3 Å². The van der Waals surface area contributed by atoms with E-state index in [4.69, 9.17) is 4.74 Å². The summed E-state index contributed by atoms with van der Waals surface area (Å²) in [5, 5.41) is 20.9. The smallest absolute Gasteiger partial charge is 0.191 e. The summed E-state index contributed by atoms with van der Waals surface area (Å²) < 4.78 is 5.70. The standard InChI is InChI=1S/C19H27N3O2S/c1-4-20-18(22-14-19(3,23)16-9-12-25-13-16)21-10-11-24-17-7-5-15(2)6-8-17/h5-9,12-13,23H,4,10-11,14H2,1-3H3,(H2,20,21,22). The van der Waals surface area contributed by atoms with Crippen molar-refractivity contribution in [3.63, 3.8) is 0 Å². The Morgan fingerprint density at radius 2 is 2.00 bits per heavy atom. The molecule has 0 saturated carbocycles. The van der Waals surface area contributed by atoms with Crippen LogP contribution in [-0.2, 0) is 5.60 Å². The first kappa shape index (κ1) is 19.3. The van der Waals surface area contributed by atoms with Crippen LogP contribution in [0.3, 0.4) is 0 Å². The predicted molar refractivity (Wildman–Crippen MR) is 105 cm³/mol. The summed E-state index contributed by atoms with van der Waals surface area (Å²) >= 11 is 1.57. The topological polar surface area (TPSA) is 65.9 Å². The van der Waals surface area contributed by atoms with Crippen LogP contribution in [0.25, 0.3) is 0 Å². The average Bonchev–Trinajstić information content (AvgIpc) is 3.13. The molecule has 0 saturated heterocycles. The Morgan fingerprint density at radius 1 is 1.24 bits per heavy atom. The highest BCUT2D eigenvalue weighted by Crippen LogP contribution is 2.23. The minimum Gasteiger partial charge on any atom is -0.492 e. The van der Waals surface area contributed by atoms with Gasteiger partial charge in [0.15, 0.2) is 5.96 Å². The number of rotatable bonds is 8. The Hall–Kier alpha value is -2.05. The molecule has 0 bridgehead atoms. The Morgan fingerprint density at radius 3 is 2.64 bits per heavy atom. The quantitative estimate of drug-likeness (QED) is 0.384. The molecule has 1 unspecified atom stereocenters. The Kier molecular flexibility index (Phi) is 7.28. The zero-order chi connectivity index (χ0) is 18.1. The molecule has 25 heavy (non-hydrogen) atoms. The Bertz CT molecular complexity index is 652. The van der Waals surface area contributed by atoms with Gasteiger partial charge in [-0.3, -0.25) is 0 Å². The molecule has 5 nitrogen and oxygen atoms in total. The van der Waals surface area contributed by atoms with E-state index in [-0.39, 0.29) is 6.54 Å². The highest BCUT2D eigenvalue weighted by molar-refractivity contribution is 7.08. The van der Waals surface area contributed by atoms with Crippen molar-refractivity contribution in [1.29, 1.82) is 0 Å². The number of hydrogen-bond acceptors (Lipinski definition) is 4. The average molecular weight is 362 g/mol. The maximum atomic E-state index is 10.6. The minimum absolute atomic E-state index is 0.290. The third kappa shape index (κ3) is 6.40. The number of aliphatic imine (C=N–C) groups is 1. The first-order valence-electron chi connectivity index (χ1n) is 8.48. The number of guanidine groups is 1. The summed E-state index contributed by atoms with van der Waals surface area (Å²) in [5.41, 5.74) is 1.13. The lowest BCUT2D eigenvalue weighted by Gasteiger charge is -2.21. The van der Waals surface area contributed by atoms with Gasteiger partial charge in [-0.1, -0.05) is 17.7 Å². The van der Waals surface area contributed by atoms with E-state index in [1.807, 2.05) is 48.0 Å². The van der Waals surface area contributed by atoms with Crippen LogP contribution in [0.1, 0.15) is 25.0 Å². The maximum Gasteiger partial charge on any atom is 0.191 e. The molecule has 2 rings (SSSR count). The lowest BCUT2D eigenvalue weighted by molar-refractivity contribution is 0.0677. The molecule has 1 aromatic heterocycles. The van der Waals surface area contributed by atoms with Crippen LogP contribution in [0.5, 0.6) is 5.75 Å². The predicted octanol–water partition coefficient (Wildman–Crippen LogP) is 2.90. The van der Waals surface area contributed by atoms with Gasteiger partial charge in [0.05, 0.1) is 13.1 Å². The SMILES string of the molecule is CCNC(=NCC(C)(O)c1ccsc1)NCCOc1ccc(C)cc1. The Balaban J connectivity index is 1.82. The number of ether oxygens (including phenoxy) is 1. The monoisotopic (exact) mass is 361 g/mol. The van der Waals surface area contributed by atoms with E-state index in [1.54, 1.807) is 18.3 Å². The van der Waals surface area contributed by atoms with E-state index in [1.165, 1.54) is 5.56 Å². The van der Waals surface area contributed by atoms with Crippen LogP contribution in [0, 0.1) is 6.92 Å². The molecule has 0 spiro atoms. The van der Waals surface area contributed by atoms with Gasteiger partial charge in [0.25, 0.3) is 0 Å². The van der Waals surface area contributed by atoms with Crippen LogP contribution in [0.2, 0.25) is 0 Å². The van der Waals surface area contributed by atoms with Crippen molar-refractivity contribution >= 4 is 17.3 Å². The molecule has 6 heteroatoms. The molecule has 2 aromatic rings. The third-order valence-corrected chi connectivity index (χ3v) is 4.40. The van der Waals surface area contributed by atoms with Gasteiger partial charge in [-0.15, -0.1) is 0 Å². The molecule has 0 amide bonds. The molecule has 1 heterocycles. The van der Waals surface area contributed by atoms with E-state index in [9.17, 15) is 5.11 Å². The van der Waals surface area contributed by atoms with Crippen molar-refractivity contribution in [3.8, 4) is 5.75 Å². The van der Waals surface area contributed by atoms with E-state index in [0.29, 0.717) is 19.1 Å². The van der Waals surface area contributed by atoms with Crippen molar-refractivity contribution in [1.82, 2.24) is 10.6 Å². The molecular weight excluding hydrogens is 334 g/mol. The van der Waals surface area contributed by atoms with Gasteiger partial charge in [-0.05, 0) is 55.3 Å². The van der Waals surface area contributed by atoms with E-state index in [0.717, 1.165) is 17.9 Å². The second-order valence-electron chi connectivity index (χ2n) is 6.07. The third-order valence-electron chi connectivity index (χ3n) is 3.72. The summed E-state index contributed by atoms with van der Waals surface area (Å²) in [6, 6.07) is 9.91. The molecule has 3 N–H and O–H groups in total. The fraction of sp³-hybridized carbons (Fsp3) is 0.421. The van der Waals surface area contributed by atoms with Crippen molar-refractivity contribution in [2.45, 2.75) is 26.4 Å². The molecule has 0 aliphatic rings. The zero-order valence-corrected chi connectivity index (χ0v) is 15.9. The minimum atomic E-state index is -0.971. The van der Waals surface area contributed by atoms with E-state index in [2.05, 4.69) is 22.5 Å². The maximum absolute atomic E-state index is 10.6. The molecule has 136 valence electrons. The van der Waals surface area contributed by atoms with Crippen molar-refractivity contribution in [2.75, 3.05) is 26.2 Å². The van der Waals surface area contributed by atoms with Gasteiger partial charge in [0.1, 0.15) is 18.0 Å². The lowest BCUT2D eigenvalue weighted by Crippen LogP contribution is -2.40. The number of hydrogen-bond donors (Lipinski definition) is 3. The second kappa shape index (κ2) is 9.44. The van der Waals surface area contributed by atoms with Gasteiger partial charge < -0.3 is 20.5 Å². The fourth-order valence-electron chi connectivity index (χ4n) is 2.21. The second-order valence-corrected chi connectivity index (χ2v) is 6.85. The number of thiophene rings is 1. The van der Waals surface area contributed by atoms with Crippen molar-refractivity contribution < 1.29 is 9.84 Å². The largest absolute Gasteiger partial charge is 0.492 e. The summed E-state index contributed by atoms with van der Waals surface area (Å²) in [6.45, 7) is 8.05. The highest BCUT2D eigenvalue weighted by atomic mass is 32.1. The van der Waals surface area contributed by atoms with Crippen LogP contribution < -0.4 is 15.4 Å². The van der Waals surface area contributed by atoms with Crippen molar-refractivity contribution in [3.05, 3.63) is 52.2 Å². The molecule has 0 fully saturated rings. The van der Waals surface area contributed by atoms with Crippen LogP contribution in [0.4, 0.5) is 0 Å². The summed E-state index contributed by atoms with van der Waals surface area (Å²) in [5.74, 6) is 1.53. The molecular formula is C19H27N3O2S. The van der Waals surface area contributed by atoms with Gasteiger partial charge in [0.2, 0.25) is 0 Å². The fourth-order valence-corrected chi connectivity index (χ4v) is 2.99. The van der Waals surface area contributed by atoms with E-state index >= 15 is 0 Å². The van der Waals surface area contributed by atoms with Gasteiger partial charge in [-0.25, -0.2) is 4.99 Å². The van der Waals surface area contributed by atoms with Crippen LogP contribution in [-0.4, -0.2) is 37.3 Å². The van der Waals surface area contributed by atoms with Gasteiger partial charge in [-0.2, -0.15) is 11.3 Å². The van der Waals surface area contributed by atoms with Gasteiger partial charge in [0, 0.05) is 6.54 Å². The summed E-state index contributed by atoms with van der Waals surface area (Å²) in [4.78, 5) is 4.49. The summed E-state index contributed by atoms with van der Waals surface area (Å²) in [6.07, 6.45) is 0. The number of benzene rings is 1. The number of aliphatic hydroxyl groups is 1. The molecule has 1 aromatic carbocycles. The van der Waals surface area contributed by atoms with E-state index < -0.39 is 5.60 Å². The normalized spacial score (nSPS) is 14.0. The molecule has 0 aliphatic heterocycles. The first-order valence-corrected chi connectivity index (χ1v) is 9.42. The van der Waals surface area contributed by atoms with Gasteiger partial charge >= 0.3 is 0 Å². The molecule has 1 atom stereocenters. The molecule has 0 aliphatic carbocycles.